The largest absolute Gasteiger partial charge is 0.325 e. The van der Waals surface area contributed by atoms with Crippen LogP contribution in [0.1, 0.15) is 43.9 Å². The third-order valence-corrected chi connectivity index (χ3v) is 3.80. The van der Waals surface area contributed by atoms with Crippen LogP contribution < -0.4 is 5.32 Å². The normalized spacial score (nSPS) is 15.6. The van der Waals surface area contributed by atoms with Crippen LogP contribution in [0.3, 0.4) is 0 Å². The minimum absolute atomic E-state index is 0.0679. The van der Waals surface area contributed by atoms with Crippen LogP contribution in [0.5, 0.6) is 0 Å². The fraction of sp³-hybridized carbons (Fsp3) is 0.438. The molecule has 2 nitrogen and oxygen atoms in total. The molecule has 2 heteroatoms. The Morgan fingerprint density at radius 1 is 1.39 bits per heavy atom. The zero-order valence-corrected chi connectivity index (χ0v) is 11.6. The number of nitrogens with one attached hydrogen (secondary N) is 1. The van der Waals surface area contributed by atoms with E-state index in [2.05, 4.69) is 37.4 Å². The summed E-state index contributed by atoms with van der Waals surface area (Å²) < 4.78 is 0. The highest BCUT2D eigenvalue weighted by molar-refractivity contribution is 5.91. The maximum atomic E-state index is 12.1. The van der Waals surface area contributed by atoms with Crippen LogP contribution in [0.25, 0.3) is 5.70 Å². The van der Waals surface area contributed by atoms with Crippen molar-refractivity contribution in [3.05, 3.63) is 40.5 Å². The Balaban J connectivity index is 2.31. The van der Waals surface area contributed by atoms with Gasteiger partial charge in [-0.1, -0.05) is 32.0 Å². The number of amides is 1. The molecule has 0 spiro atoms. The molecular formula is C16H21NO. The summed E-state index contributed by atoms with van der Waals surface area (Å²) in [4.78, 5) is 12.1. The lowest BCUT2D eigenvalue weighted by Crippen LogP contribution is -2.27. The average Bonchev–Trinajstić information content (AvgIpc) is 2.66. The van der Waals surface area contributed by atoms with E-state index in [4.69, 9.17) is 0 Å². The number of carbonyl (C=O) groups is 1. The Bertz CT molecular complexity index is 514. The van der Waals surface area contributed by atoms with Gasteiger partial charge in [0.15, 0.2) is 0 Å². The standard InChI is InChI=1S/C16H21NO/c1-5-10(2)16(18)17-15-12(4)9-13-8-6-7-11(3)14(13)15/h6-8,10H,5,9H2,1-4H3,(H,17,18). The first-order chi connectivity index (χ1) is 8.54. The van der Waals surface area contributed by atoms with E-state index < -0.39 is 0 Å². The Labute approximate surface area is 109 Å². The third-order valence-electron chi connectivity index (χ3n) is 3.80. The van der Waals surface area contributed by atoms with Crippen molar-refractivity contribution >= 4 is 11.6 Å². The number of hydrogen-bond donors (Lipinski definition) is 1. The predicted molar refractivity (Wildman–Crippen MR) is 75.1 cm³/mol. The van der Waals surface area contributed by atoms with Gasteiger partial charge in [0.25, 0.3) is 0 Å². The highest BCUT2D eigenvalue weighted by Gasteiger charge is 2.23. The minimum atomic E-state index is 0.0679. The molecule has 0 bridgehead atoms. The molecule has 1 aromatic rings. The molecular weight excluding hydrogens is 222 g/mol. The number of aryl methyl sites for hydroxylation is 1. The topological polar surface area (TPSA) is 29.1 Å². The van der Waals surface area contributed by atoms with Crippen molar-refractivity contribution in [3.8, 4) is 0 Å². The fourth-order valence-electron chi connectivity index (χ4n) is 2.42. The molecule has 0 fully saturated rings. The molecule has 18 heavy (non-hydrogen) atoms. The van der Waals surface area contributed by atoms with E-state index in [1.54, 1.807) is 0 Å². The van der Waals surface area contributed by atoms with Crippen molar-refractivity contribution < 1.29 is 4.79 Å². The molecule has 96 valence electrons. The maximum Gasteiger partial charge on any atom is 0.227 e. The van der Waals surface area contributed by atoms with Gasteiger partial charge in [0, 0.05) is 17.2 Å². The van der Waals surface area contributed by atoms with Crippen LogP contribution >= 0.6 is 0 Å². The molecule has 1 unspecified atom stereocenters. The maximum absolute atomic E-state index is 12.1. The van der Waals surface area contributed by atoms with E-state index >= 15 is 0 Å². The highest BCUT2D eigenvalue weighted by atomic mass is 16.1. The van der Waals surface area contributed by atoms with Crippen molar-refractivity contribution in [1.82, 2.24) is 5.32 Å². The van der Waals surface area contributed by atoms with Crippen LogP contribution in [0.4, 0.5) is 0 Å². The van der Waals surface area contributed by atoms with Gasteiger partial charge in [0.2, 0.25) is 5.91 Å². The van der Waals surface area contributed by atoms with Crippen LogP contribution in [0, 0.1) is 12.8 Å². The molecule has 1 amide bonds. The van der Waals surface area contributed by atoms with Gasteiger partial charge in [-0.2, -0.15) is 0 Å². The summed E-state index contributed by atoms with van der Waals surface area (Å²) >= 11 is 0. The van der Waals surface area contributed by atoms with Crippen LogP contribution in [0.15, 0.2) is 23.8 Å². The van der Waals surface area contributed by atoms with Crippen LogP contribution in [-0.2, 0) is 11.2 Å². The smallest absolute Gasteiger partial charge is 0.227 e. The van der Waals surface area contributed by atoms with Gasteiger partial charge in [0.05, 0.1) is 0 Å². The molecule has 0 saturated carbocycles. The van der Waals surface area contributed by atoms with Crippen molar-refractivity contribution in [2.45, 2.75) is 40.5 Å². The molecule has 0 saturated heterocycles. The summed E-state index contributed by atoms with van der Waals surface area (Å²) in [6.07, 6.45) is 1.83. The number of rotatable bonds is 3. The number of allylic oxidation sites excluding steroid dienone is 1. The summed E-state index contributed by atoms with van der Waals surface area (Å²) in [6, 6.07) is 6.34. The molecule has 0 aromatic heterocycles. The minimum Gasteiger partial charge on any atom is -0.325 e. The van der Waals surface area contributed by atoms with Crippen molar-refractivity contribution in [3.63, 3.8) is 0 Å². The second kappa shape index (κ2) is 4.97. The first kappa shape index (κ1) is 12.9. The van der Waals surface area contributed by atoms with Gasteiger partial charge < -0.3 is 5.32 Å². The quantitative estimate of drug-likeness (QED) is 0.865. The number of benzene rings is 1. The Hall–Kier alpha value is -1.57. The summed E-state index contributed by atoms with van der Waals surface area (Å²) in [5.41, 5.74) is 6.09. The molecule has 2 rings (SSSR count). The number of hydrogen-bond acceptors (Lipinski definition) is 1. The third kappa shape index (κ3) is 2.20. The lowest BCUT2D eigenvalue weighted by Gasteiger charge is -2.14. The van der Waals surface area contributed by atoms with E-state index in [1.165, 1.54) is 22.3 Å². The van der Waals surface area contributed by atoms with E-state index in [0.717, 1.165) is 18.5 Å². The van der Waals surface area contributed by atoms with Crippen LogP contribution in [0.2, 0.25) is 0 Å². The van der Waals surface area contributed by atoms with Gasteiger partial charge in [-0.25, -0.2) is 0 Å². The van der Waals surface area contributed by atoms with E-state index in [9.17, 15) is 4.79 Å². The van der Waals surface area contributed by atoms with Crippen molar-refractivity contribution in [1.29, 1.82) is 0 Å². The summed E-state index contributed by atoms with van der Waals surface area (Å²) in [5.74, 6) is 0.196. The van der Waals surface area contributed by atoms with Crippen molar-refractivity contribution in [2.75, 3.05) is 0 Å². The number of carbonyl (C=O) groups excluding carboxylic acids is 1. The summed E-state index contributed by atoms with van der Waals surface area (Å²) in [7, 11) is 0. The lowest BCUT2D eigenvalue weighted by atomic mass is 10.0. The van der Waals surface area contributed by atoms with Gasteiger partial charge in [-0.15, -0.1) is 0 Å². The Morgan fingerprint density at radius 3 is 2.78 bits per heavy atom. The average molecular weight is 243 g/mol. The molecule has 1 aromatic carbocycles. The monoisotopic (exact) mass is 243 g/mol. The van der Waals surface area contributed by atoms with Crippen LogP contribution in [-0.4, -0.2) is 5.91 Å². The first-order valence-corrected chi connectivity index (χ1v) is 6.64. The Morgan fingerprint density at radius 2 is 2.11 bits per heavy atom. The summed E-state index contributed by atoms with van der Waals surface area (Å²) in [5, 5.41) is 3.12. The zero-order valence-electron chi connectivity index (χ0n) is 11.6. The van der Waals surface area contributed by atoms with Gasteiger partial charge in [-0.05, 0) is 43.4 Å². The molecule has 0 heterocycles. The zero-order chi connectivity index (χ0) is 13.3. The molecule has 1 aliphatic carbocycles. The van der Waals surface area contributed by atoms with Gasteiger partial charge >= 0.3 is 0 Å². The van der Waals surface area contributed by atoms with E-state index in [-0.39, 0.29) is 11.8 Å². The summed E-state index contributed by atoms with van der Waals surface area (Å²) in [6.45, 7) is 8.22. The second-order valence-electron chi connectivity index (χ2n) is 5.24. The highest BCUT2D eigenvalue weighted by Crippen LogP contribution is 2.33. The number of fused-ring (bicyclic) bond motifs is 1. The van der Waals surface area contributed by atoms with Gasteiger partial charge in [-0.3, -0.25) is 4.79 Å². The lowest BCUT2D eigenvalue weighted by molar-refractivity contribution is -0.123. The van der Waals surface area contributed by atoms with Gasteiger partial charge in [0.1, 0.15) is 0 Å². The predicted octanol–water partition coefficient (Wildman–Crippen LogP) is 3.44. The molecule has 1 N–H and O–H groups in total. The molecule has 0 aliphatic heterocycles. The Kier molecular flexibility index (Phi) is 3.55. The fourth-order valence-corrected chi connectivity index (χ4v) is 2.42. The molecule has 0 radical (unpaired) electrons. The SMILES string of the molecule is CCC(C)C(=O)NC1=C(C)Cc2cccc(C)c21. The first-order valence-electron chi connectivity index (χ1n) is 6.64. The van der Waals surface area contributed by atoms with E-state index in [0.29, 0.717) is 0 Å². The van der Waals surface area contributed by atoms with Crippen molar-refractivity contribution in [2.24, 2.45) is 5.92 Å². The van der Waals surface area contributed by atoms with E-state index in [1.807, 2.05) is 13.8 Å². The molecule has 1 aliphatic rings. The second-order valence-corrected chi connectivity index (χ2v) is 5.24. The molecule has 1 atom stereocenters.